The first-order valence-electron chi connectivity index (χ1n) is 5.63. The third-order valence-corrected chi connectivity index (χ3v) is 2.60. The largest absolute Gasteiger partial charge is 0.373 e. The first kappa shape index (κ1) is 10.2. The average Bonchev–Trinajstić information content (AvgIpc) is 3.05. The summed E-state index contributed by atoms with van der Waals surface area (Å²) in [4.78, 5) is 8.57. The molecule has 15 heavy (non-hydrogen) atoms. The van der Waals surface area contributed by atoms with Gasteiger partial charge < -0.3 is 10.6 Å². The first-order valence-corrected chi connectivity index (χ1v) is 5.63. The highest BCUT2D eigenvalue weighted by atomic mass is 15.1. The molecule has 1 saturated carbocycles. The van der Waals surface area contributed by atoms with Crippen LogP contribution < -0.4 is 10.6 Å². The number of hydrogen-bond donors (Lipinski definition) is 2. The van der Waals surface area contributed by atoms with Crippen molar-refractivity contribution in [1.29, 1.82) is 0 Å². The zero-order valence-electron chi connectivity index (χ0n) is 9.38. The Bertz CT molecular complexity index is 333. The molecule has 4 heteroatoms. The van der Waals surface area contributed by atoms with Crippen LogP contribution in [0.25, 0.3) is 0 Å². The van der Waals surface area contributed by atoms with Crippen LogP contribution in [-0.2, 0) is 6.42 Å². The van der Waals surface area contributed by atoms with Crippen LogP contribution in [0.3, 0.4) is 0 Å². The maximum absolute atomic E-state index is 4.32. The molecule has 1 aromatic rings. The molecule has 1 aromatic heterocycles. The van der Waals surface area contributed by atoms with Gasteiger partial charge in [0, 0.05) is 18.7 Å². The first-order chi connectivity index (χ1) is 7.35. The fraction of sp³-hybridized carbons (Fsp3) is 0.636. The normalized spacial score (nSPS) is 15.1. The van der Waals surface area contributed by atoms with Crippen LogP contribution in [0.4, 0.5) is 11.6 Å². The van der Waals surface area contributed by atoms with Crippen LogP contribution >= 0.6 is 0 Å². The highest BCUT2D eigenvalue weighted by Crippen LogP contribution is 2.28. The minimum absolute atomic E-state index is 0.639. The molecule has 0 aliphatic heterocycles. The van der Waals surface area contributed by atoms with Gasteiger partial charge in [-0.2, -0.15) is 0 Å². The van der Waals surface area contributed by atoms with Crippen molar-refractivity contribution in [2.75, 3.05) is 17.7 Å². The van der Waals surface area contributed by atoms with Gasteiger partial charge in [0.25, 0.3) is 0 Å². The fourth-order valence-electron chi connectivity index (χ4n) is 1.66. The van der Waals surface area contributed by atoms with E-state index in [-0.39, 0.29) is 0 Å². The van der Waals surface area contributed by atoms with Crippen molar-refractivity contribution < 1.29 is 0 Å². The summed E-state index contributed by atoms with van der Waals surface area (Å²) in [7, 11) is 1.91. The lowest BCUT2D eigenvalue weighted by molar-refractivity contribution is 0.898. The van der Waals surface area contributed by atoms with Crippen molar-refractivity contribution in [2.45, 2.75) is 38.6 Å². The minimum atomic E-state index is 0.639. The summed E-state index contributed by atoms with van der Waals surface area (Å²) in [5.41, 5.74) is 1.22. The van der Waals surface area contributed by atoms with E-state index in [0.717, 1.165) is 24.5 Å². The molecule has 0 atom stereocenters. The number of nitrogens with one attached hydrogen (secondary N) is 2. The lowest BCUT2D eigenvalue weighted by Crippen LogP contribution is -2.09. The predicted molar refractivity (Wildman–Crippen MR) is 62.2 cm³/mol. The number of anilines is 2. The Kier molecular flexibility index (Phi) is 3.04. The van der Waals surface area contributed by atoms with Gasteiger partial charge in [-0.1, -0.05) is 13.3 Å². The zero-order valence-corrected chi connectivity index (χ0v) is 9.38. The minimum Gasteiger partial charge on any atom is -0.373 e. The maximum Gasteiger partial charge on any atom is 0.134 e. The molecule has 2 rings (SSSR count). The number of aromatic nitrogens is 2. The SMILES string of the molecule is CCCc1c(NC)ncnc1NC1CC1. The van der Waals surface area contributed by atoms with Gasteiger partial charge in [0.05, 0.1) is 0 Å². The third kappa shape index (κ3) is 2.37. The number of nitrogens with zero attached hydrogens (tertiary/aromatic N) is 2. The van der Waals surface area contributed by atoms with E-state index in [1.807, 2.05) is 7.05 Å². The van der Waals surface area contributed by atoms with Gasteiger partial charge in [0.1, 0.15) is 18.0 Å². The second kappa shape index (κ2) is 4.47. The molecule has 1 aliphatic carbocycles. The van der Waals surface area contributed by atoms with E-state index in [9.17, 15) is 0 Å². The molecule has 82 valence electrons. The van der Waals surface area contributed by atoms with E-state index in [0.29, 0.717) is 6.04 Å². The van der Waals surface area contributed by atoms with E-state index in [4.69, 9.17) is 0 Å². The molecular weight excluding hydrogens is 188 g/mol. The summed E-state index contributed by atoms with van der Waals surface area (Å²) in [6, 6.07) is 0.639. The summed E-state index contributed by atoms with van der Waals surface area (Å²) in [5, 5.41) is 6.58. The zero-order chi connectivity index (χ0) is 10.7. The summed E-state index contributed by atoms with van der Waals surface area (Å²) in [6.45, 7) is 2.17. The van der Waals surface area contributed by atoms with Gasteiger partial charge in [-0.3, -0.25) is 0 Å². The van der Waals surface area contributed by atoms with Crippen molar-refractivity contribution in [3.63, 3.8) is 0 Å². The van der Waals surface area contributed by atoms with Gasteiger partial charge in [0.2, 0.25) is 0 Å². The molecule has 0 spiro atoms. The molecule has 0 aromatic carbocycles. The van der Waals surface area contributed by atoms with Crippen LogP contribution in [0.5, 0.6) is 0 Å². The number of rotatable bonds is 5. The van der Waals surface area contributed by atoms with Crippen LogP contribution in [0, 0.1) is 0 Å². The fourth-order valence-corrected chi connectivity index (χ4v) is 1.66. The van der Waals surface area contributed by atoms with Crippen LogP contribution in [0.1, 0.15) is 31.7 Å². The smallest absolute Gasteiger partial charge is 0.134 e. The van der Waals surface area contributed by atoms with Gasteiger partial charge in [-0.15, -0.1) is 0 Å². The van der Waals surface area contributed by atoms with E-state index < -0.39 is 0 Å². The summed E-state index contributed by atoms with van der Waals surface area (Å²) < 4.78 is 0. The van der Waals surface area contributed by atoms with E-state index in [2.05, 4.69) is 27.5 Å². The average molecular weight is 206 g/mol. The van der Waals surface area contributed by atoms with Crippen molar-refractivity contribution in [3.8, 4) is 0 Å². The van der Waals surface area contributed by atoms with Crippen molar-refractivity contribution in [1.82, 2.24) is 9.97 Å². The summed E-state index contributed by atoms with van der Waals surface area (Å²) in [5.74, 6) is 1.97. The van der Waals surface area contributed by atoms with Crippen LogP contribution in [-0.4, -0.2) is 23.1 Å². The molecule has 4 nitrogen and oxygen atoms in total. The Labute approximate surface area is 90.5 Å². The second-order valence-corrected chi connectivity index (χ2v) is 3.97. The Balaban J connectivity index is 2.24. The maximum atomic E-state index is 4.32. The lowest BCUT2D eigenvalue weighted by atomic mass is 10.1. The van der Waals surface area contributed by atoms with Gasteiger partial charge in [-0.05, 0) is 19.3 Å². The standard InChI is InChI=1S/C11H18N4/c1-3-4-9-10(12-2)13-7-14-11(9)15-8-5-6-8/h7-8H,3-6H2,1-2H3,(H2,12,13,14,15). The molecule has 1 heterocycles. The van der Waals surface area contributed by atoms with Crippen molar-refractivity contribution in [2.24, 2.45) is 0 Å². The van der Waals surface area contributed by atoms with E-state index >= 15 is 0 Å². The summed E-state index contributed by atoms with van der Waals surface area (Å²) >= 11 is 0. The Morgan fingerprint density at radius 2 is 2.07 bits per heavy atom. The van der Waals surface area contributed by atoms with E-state index in [1.165, 1.54) is 18.4 Å². The number of hydrogen-bond acceptors (Lipinski definition) is 4. The van der Waals surface area contributed by atoms with Crippen LogP contribution in [0.15, 0.2) is 6.33 Å². The molecule has 0 bridgehead atoms. The lowest BCUT2D eigenvalue weighted by Gasteiger charge is -2.12. The highest BCUT2D eigenvalue weighted by molar-refractivity contribution is 5.57. The van der Waals surface area contributed by atoms with Crippen molar-refractivity contribution >= 4 is 11.6 Å². The molecule has 0 saturated heterocycles. The molecule has 0 amide bonds. The van der Waals surface area contributed by atoms with E-state index in [1.54, 1.807) is 6.33 Å². The Morgan fingerprint density at radius 1 is 1.33 bits per heavy atom. The molecule has 1 aliphatic rings. The third-order valence-electron chi connectivity index (χ3n) is 2.60. The van der Waals surface area contributed by atoms with Gasteiger partial charge >= 0.3 is 0 Å². The van der Waals surface area contributed by atoms with Crippen molar-refractivity contribution in [3.05, 3.63) is 11.9 Å². The second-order valence-electron chi connectivity index (χ2n) is 3.97. The molecule has 2 N–H and O–H groups in total. The Hall–Kier alpha value is -1.32. The summed E-state index contributed by atoms with van der Waals surface area (Å²) in [6.07, 6.45) is 6.29. The highest BCUT2D eigenvalue weighted by Gasteiger charge is 2.23. The Morgan fingerprint density at radius 3 is 2.67 bits per heavy atom. The van der Waals surface area contributed by atoms with Gasteiger partial charge in [-0.25, -0.2) is 9.97 Å². The quantitative estimate of drug-likeness (QED) is 0.774. The molecule has 0 radical (unpaired) electrons. The topological polar surface area (TPSA) is 49.8 Å². The molecule has 1 fully saturated rings. The predicted octanol–water partition coefficient (Wildman–Crippen LogP) is 2.05. The molecular formula is C11H18N4. The van der Waals surface area contributed by atoms with Gasteiger partial charge in [0.15, 0.2) is 0 Å². The monoisotopic (exact) mass is 206 g/mol. The molecule has 0 unspecified atom stereocenters. The van der Waals surface area contributed by atoms with Crippen LogP contribution in [0.2, 0.25) is 0 Å².